The zero-order valence-electron chi connectivity index (χ0n) is 14.9. The molecule has 1 saturated carbocycles. The molecule has 1 aliphatic rings. The van der Waals surface area contributed by atoms with Crippen molar-refractivity contribution < 1.29 is 14.7 Å². The maximum atomic E-state index is 12.7. The molecule has 0 heterocycles. The number of carboxylic acids is 1. The van der Waals surface area contributed by atoms with E-state index in [-0.39, 0.29) is 24.2 Å². The molecule has 0 saturated heterocycles. The van der Waals surface area contributed by atoms with Gasteiger partial charge in [0.05, 0.1) is 12.5 Å². The zero-order chi connectivity index (χ0) is 18.7. The lowest BCUT2D eigenvalue weighted by Gasteiger charge is -2.18. The SMILES string of the molecule is CSc1ccc(C(CC(=O)O)NC(=O)C2CC2c2ccccc2C)cc1. The van der Waals surface area contributed by atoms with Crippen molar-refractivity contribution in [3.8, 4) is 0 Å². The zero-order valence-corrected chi connectivity index (χ0v) is 15.8. The number of hydrogen-bond donors (Lipinski definition) is 2. The van der Waals surface area contributed by atoms with E-state index in [1.807, 2.05) is 42.7 Å². The molecule has 0 radical (unpaired) electrons. The largest absolute Gasteiger partial charge is 0.481 e. The molecule has 1 fully saturated rings. The predicted molar refractivity (Wildman–Crippen MR) is 103 cm³/mol. The van der Waals surface area contributed by atoms with Crippen LogP contribution in [-0.4, -0.2) is 23.2 Å². The standard InChI is InChI=1S/C21H23NO3S/c1-13-5-3-4-6-16(13)17-11-18(17)21(25)22-19(12-20(23)24)14-7-9-15(26-2)10-8-14/h3-10,17-19H,11-12H2,1-2H3,(H,22,25)(H,23,24). The van der Waals surface area contributed by atoms with Crippen LogP contribution >= 0.6 is 11.8 Å². The Morgan fingerprint density at radius 1 is 1.19 bits per heavy atom. The predicted octanol–water partition coefficient (Wildman–Crippen LogP) is 4.15. The summed E-state index contributed by atoms with van der Waals surface area (Å²) in [5.41, 5.74) is 3.24. The smallest absolute Gasteiger partial charge is 0.305 e. The molecule has 3 rings (SSSR count). The highest BCUT2D eigenvalue weighted by atomic mass is 32.2. The number of amides is 1. The molecule has 0 aliphatic heterocycles. The van der Waals surface area contributed by atoms with Gasteiger partial charge < -0.3 is 10.4 Å². The Morgan fingerprint density at radius 2 is 1.88 bits per heavy atom. The van der Waals surface area contributed by atoms with Gasteiger partial charge in [0, 0.05) is 10.8 Å². The fourth-order valence-corrected chi connectivity index (χ4v) is 3.78. The molecular formula is C21H23NO3S. The van der Waals surface area contributed by atoms with E-state index in [2.05, 4.69) is 24.4 Å². The number of rotatable bonds is 7. The second-order valence-corrected chi connectivity index (χ2v) is 7.62. The van der Waals surface area contributed by atoms with Gasteiger partial charge >= 0.3 is 5.97 Å². The summed E-state index contributed by atoms with van der Waals surface area (Å²) in [7, 11) is 0. The number of carbonyl (C=O) groups is 2. The molecule has 5 heteroatoms. The first-order valence-electron chi connectivity index (χ1n) is 8.71. The fraction of sp³-hybridized carbons (Fsp3) is 0.333. The minimum Gasteiger partial charge on any atom is -0.481 e. The highest BCUT2D eigenvalue weighted by molar-refractivity contribution is 7.98. The molecule has 3 atom stereocenters. The van der Waals surface area contributed by atoms with Crippen LogP contribution in [0.15, 0.2) is 53.4 Å². The molecule has 2 N–H and O–H groups in total. The maximum absolute atomic E-state index is 12.7. The van der Waals surface area contributed by atoms with Gasteiger partial charge in [-0.1, -0.05) is 36.4 Å². The minimum absolute atomic E-state index is 0.0570. The van der Waals surface area contributed by atoms with Crippen LogP contribution in [0.25, 0.3) is 0 Å². The third kappa shape index (κ3) is 4.28. The summed E-state index contributed by atoms with van der Waals surface area (Å²) in [5.74, 6) is -0.813. The van der Waals surface area contributed by atoms with Crippen molar-refractivity contribution in [1.82, 2.24) is 5.32 Å². The van der Waals surface area contributed by atoms with Crippen molar-refractivity contribution in [2.24, 2.45) is 5.92 Å². The van der Waals surface area contributed by atoms with Crippen molar-refractivity contribution in [2.75, 3.05) is 6.26 Å². The summed E-state index contributed by atoms with van der Waals surface area (Å²) >= 11 is 1.63. The molecule has 2 aromatic carbocycles. The molecule has 2 aromatic rings. The van der Waals surface area contributed by atoms with Gasteiger partial charge in [0.2, 0.25) is 5.91 Å². The maximum Gasteiger partial charge on any atom is 0.305 e. The van der Waals surface area contributed by atoms with Gasteiger partial charge in [-0.2, -0.15) is 0 Å². The lowest BCUT2D eigenvalue weighted by molar-refractivity contribution is -0.137. The molecular weight excluding hydrogens is 346 g/mol. The first-order chi connectivity index (χ1) is 12.5. The van der Waals surface area contributed by atoms with Gasteiger partial charge in [0.25, 0.3) is 0 Å². The Morgan fingerprint density at radius 3 is 2.50 bits per heavy atom. The molecule has 26 heavy (non-hydrogen) atoms. The Bertz CT molecular complexity index is 803. The van der Waals surface area contributed by atoms with E-state index in [9.17, 15) is 14.7 Å². The molecule has 3 unspecified atom stereocenters. The van der Waals surface area contributed by atoms with Crippen molar-refractivity contribution >= 4 is 23.6 Å². The summed E-state index contributed by atoms with van der Waals surface area (Å²) in [6.07, 6.45) is 2.69. The molecule has 0 spiro atoms. The summed E-state index contributed by atoms with van der Waals surface area (Å²) in [5, 5.41) is 12.2. The Labute approximate surface area is 158 Å². The lowest BCUT2D eigenvalue weighted by atomic mass is 10.0. The van der Waals surface area contributed by atoms with Crippen molar-refractivity contribution in [3.05, 3.63) is 65.2 Å². The third-order valence-corrected chi connectivity index (χ3v) is 5.67. The molecule has 0 bridgehead atoms. The van der Waals surface area contributed by atoms with Crippen LogP contribution in [-0.2, 0) is 9.59 Å². The van der Waals surface area contributed by atoms with Gasteiger partial charge in [-0.15, -0.1) is 11.8 Å². The highest BCUT2D eigenvalue weighted by Crippen LogP contribution is 2.48. The van der Waals surface area contributed by atoms with Crippen LogP contribution in [0.1, 0.15) is 41.5 Å². The second kappa shape index (κ2) is 7.96. The Kier molecular flexibility index (Phi) is 5.67. The van der Waals surface area contributed by atoms with E-state index in [4.69, 9.17) is 0 Å². The Hall–Kier alpha value is -2.27. The van der Waals surface area contributed by atoms with E-state index < -0.39 is 12.0 Å². The first kappa shape index (κ1) is 18.5. The van der Waals surface area contributed by atoms with Gasteiger partial charge in [-0.05, 0) is 54.3 Å². The van der Waals surface area contributed by atoms with Crippen molar-refractivity contribution in [3.63, 3.8) is 0 Å². The number of carbonyl (C=O) groups excluding carboxylic acids is 1. The van der Waals surface area contributed by atoms with Crippen LogP contribution in [0.4, 0.5) is 0 Å². The number of benzene rings is 2. The van der Waals surface area contributed by atoms with Gasteiger partial charge in [0.15, 0.2) is 0 Å². The van der Waals surface area contributed by atoms with Crippen LogP contribution in [0.5, 0.6) is 0 Å². The number of aliphatic carboxylic acids is 1. The molecule has 136 valence electrons. The van der Waals surface area contributed by atoms with Crippen LogP contribution in [0.3, 0.4) is 0 Å². The van der Waals surface area contributed by atoms with Crippen LogP contribution in [0, 0.1) is 12.8 Å². The molecule has 1 aliphatic carbocycles. The Balaban J connectivity index is 1.70. The lowest BCUT2D eigenvalue weighted by Crippen LogP contribution is -2.31. The van der Waals surface area contributed by atoms with E-state index in [0.29, 0.717) is 0 Å². The second-order valence-electron chi connectivity index (χ2n) is 6.74. The van der Waals surface area contributed by atoms with E-state index in [1.165, 1.54) is 11.1 Å². The number of aryl methyl sites for hydroxylation is 1. The summed E-state index contributed by atoms with van der Waals surface area (Å²) in [4.78, 5) is 25.0. The number of carboxylic acid groups (broad SMARTS) is 1. The van der Waals surface area contributed by atoms with Crippen molar-refractivity contribution in [2.45, 2.75) is 36.6 Å². The number of nitrogens with one attached hydrogen (secondary N) is 1. The normalized spacial score (nSPS) is 19.6. The van der Waals surface area contributed by atoms with Crippen LogP contribution < -0.4 is 5.32 Å². The van der Waals surface area contributed by atoms with Crippen molar-refractivity contribution in [1.29, 1.82) is 0 Å². The quantitative estimate of drug-likeness (QED) is 0.720. The molecule has 1 amide bonds. The van der Waals surface area contributed by atoms with E-state index in [0.717, 1.165) is 16.9 Å². The average Bonchev–Trinajstić information content (AvgIpc) is 3.42. The molecule has 4 nitrogen and oxygen atoms in total. The molecule has 0 aromatic heterocycles. The van der Waals surface area contributed by atoms with Gasteiger partial charge in [-0.25, -0.2) is 0 Å². The van der Waals surface area contributed by atoms with Gasteiger partial charge in [0.1, 0.15) is 0 Å². The highest BCUT2D eigenvalue weighted by Gasteiger charge is 2.45. The van der Waals surface area contributed by atoms with Crippen LogP contribution in [0.2, 0.25) is 0 Å². The average molecular weight is 369 g/mol. The summed E-state index contributed by atoms with van der Waals surface area (Å²) < 4.78 is 0. The third-order valence-electron chi connectivity index (χ3n) is 4.93. The topological polar surface area (TPSA) is 66.4 Å². The van der Waals surface area contributed by atoms with Gasteiger partial charge in [-0.3, -0.25) is 9.59 Å². The van der Waals surface area contributed by atoms with E-state index in [1.54, 1.807) is 11.8 Å². The monoisotopic (exact) mass is 369 g/mol. The van der Waals surface area contributed by atoms with E-state index >= 15 is 0 Å². The minimum atomic E-state index is -0.921. The fourth-order valence-electron chi connectivity index (χ4n) is 3.37. The number of thioether (sulfide) groups is 1. The first-order valence-corrected chi connectivity index (χ1v) is 9.93. The summed E-state index contributed by atoms with van der Waals surface area (Å²) in [6, 6.07) is 15.3. The summed E-state index contributed by atoms with van der Waals surface area (Å²) in [6.45, 7) is 2.06. The number of hydrogen-bond acceptors (Lipinski definition) is 3.